The van der Waals surface area contributed by atoms with Gasteiger partial charge >= 0.3 is 0 Å². The molecule has 2 nitrogen and oxygen atoms in total. The maximum absolute atomic E-state index is 8.98. The average Bonchev–Trinajstić information content (AvgIpc) is 2.20. The number of ether oxygens (including phenoxy) is 1. The molecular weight excluding hydrogens is 200 g/mol. The van der Waals surface area contributed by atoms with Gasteiger partial charge in [-0.2, -0.15) is 0 Å². The number of benzene rings is 1. The second-order valence-electron chi connectivity index (χ2n) is 3.21. The van der Waals surface area contributed by atoms with Gasteiger partial charge < -0.3 is 9.84 Å². The molecule has 1 aromatic carbocycles. The maximum Gasteiger partial charge on any atom is 0.137 e. The molecule has 0 saturated carbocycles. The smallest absolute Gasteiger partial charge is 0.137 e. The highest BCUT2D eigenvalue weighted by atomic mass is 35.5. The lowest BCUT2D eigenvalue weighted by Gasteiger charge is -2.11. The van der Waals surface area contributed by atoms with E-state index in [1.807, 2.05) is 32.0 Å². The molecule has 78 valence electrons. The monoisotopic (exact) mass is 214 g/mol. The highest BCUT2D eigenvalue weighted by Gasteiger charge is 2.07. The molecule has 1 atom stereocenters. The van der Waals surface area contributed by atoms with Crippen molar-refractivity contribution in [3.63, 3.8) is 0 Å². The third kappa shape index (κ3) is 2.63. The van der Waals surface area contributed by atoms with Gasteiger partial charge in [0.1, 0.15) is 5.75 Å². The first-order valence-electron chi connectivity index (χ1n) is 4.72. The summed E-state index contributed by atoms with van der Waals surface area (Å²) in [4.78, 5) is 0. The Morgan fingerprint density at radius 2 is 2.21 bits per heavy atom. The van der Waals surface area contributed by atoms with Crippen molar-refractivity contribution in [3.8, 4) is 5.75 Å². The zero-order chi connectivity index (χ0) is 10.6. The molecule has 0 radical (unpaired) electrons. The Morgan fingerprint density at radius 3 is 2.71 bits per heavy atom. The van der Waals surface area contributed by atoms with Gasteiger partial charge in [0.25, 0.3) is 0 Å². The molecule has 0 aliphatic rings. The lowest BCUT2D eigenvalue weighted by atomic mass is 10.0. The maximum atomic E-state index is 8.98. The van der Waals surface area contributed by atoms with Crippen LogP contribution in [0.4, 0.5) is 0 Å². The molecule has 14 heavy (non-hydrogen) atoms. The quantitative estimate of drug-likeness (QED) is 0.835. The highest BCUT2D eigenvalue weighted by Crippen LogP contribution is 2.28. The Balaban J connectivity index is 2.88. The van der Waals surface area contributed by atoms with E-state index in [2.05, 4.69) is 0 Å². The van der Waals surface area contributed by atoms with Gasteiger partial charge in [0.2, 0.25) is 0 Å². The number of rotatable bonds is 4. The van der Waals surface area contributed by atoms with Crippen LogP contribution in [0.1, 0.15) is 25.3 Å². The zero-order valence-corrected chi connectivity index (χ0v) is 9.21. The standard InChI is InChI=1S/C11H15ClO2/c1-3-14-11-5-4-9(6-10(11)12)8(2)7-13/h4-6,8,13H,3,7H2,1-2H3. The lowest BCUT2D eigenvalue weighted by Crippen LogP contribution is -1.99. The normalized spacial score (nSPS) is 12.6. The largest absolute Gasteiger partial charge is 0.492 e. The Morgan fingerprint density at radius 1 is 1.50 bits per heavy atom. The summed E-state index contributed by atoms with van der Waals surface area (Å²) in [6.45, 7) is 4.60. The van der Waals surface area contributed by atoms with Gasteiger partial charge in [0, 0.05) is 12.5 Å². The van der Waals surface area contributed by atoms with Crippen molar-refractivity contribution in [2.75, 3.05) is 13.2 Å². The molecule has 0 amide bonds. The van der Waals surface area contributed by atoms with Gasteiger partial charge in [0.05, 0.1) is 11.6 Å². The molecule has 1 aromatic rings. The van der Waals surface area contributed by atoms with Crippen molar-refractivity contribution in [1.82, 2.24) is 0 Å². The van der Waals surface area contributed by atoms with Crippen LogP contribution in [0.25, 0.3) is 0 Å². The molecule has 0 spiro atoms. The summed E-state index contributed by atoms with van der Waals surface area (Å²) in [5.41, 5.74) is 1.03. The minimum absolute atomic E-state index is 0.114. The van der Waals surface area contributed by atoms with Crippen molar-refractivity contribution in [2.24, 2.45) is 0 Å². The number of aliphatic hydroxyl groups excluding tert-OH is 1. The predicted octanol–water partition coefficient (Wildman–Crippen LogP) is 2.83. The van der Waals surface area contributed by atoms with E-state index >= 15 is 0 Å². The molecular formula is C11H15ClO2. The molecule has 0 heterocycles. The molecule has 1 unspecified atom stereocenters. The van der Waals surface area contributed by atoms with E-state index < -0.39 is 0 Å². The van der Waals surface area contributed by atoms with E-state index in [1.165, 1.54) is 0 Å². The lowest BCUT2D eigenvalue weighted by molar-refractivity contribution is 0.273. The first-order valence-corrected chi connectivity index (χ1v) is 5.10. The van der Waals surface area contributed by atoms with E-state index in [-0.39, 0.29) is 12.5 Å². The van der Waals surface area contributed by atoms with Crippen molar-refractivity contribution in [1.29, 1.82) is 0 Å². The molecule has 0 fully saturated rings. The second kappa shape index (κ2) is 5.23. The van der Waals surface area contributed by atoms with Crippen molar-refractivity contribution < 1.29 is 9.84 Å². The number of halogens is 1. The number of aliphatic hydroxyl groups is 1. The van der Waals surface area contributed by atoms with E-state index in [0.717, 1.165) is 5.56 Å². The van der Waals surface area contributed by atoms with Gasteiger partial charge in [-0.25, -0.2) is 0 Å². The minimum Gasteiger partial charge on any atom is -0.492 e. The van der Waals surface area contributed by atoms with Crippen molar-refractivity contribution >= 4 is 11.6 Å². The summed E-state index contributed by atoms with van der Waals surface area (Å²) < 4.78 is 5.31. The second-order valence-corrected chi connectivity index (χ2v) is 3.61. The summed E-state index contributed by atoms with van der Waals surface area (Å²) in [5, 5.41) is 9.58. The van der Waals surface area contributed by atoms with Crippen LogP contribution in [0.2, 0.25) is 5.02 Å². The number of hydrogen-bond donors (Lipinski definition) is 1. The Labute approximate surface area is 89.5 Å². The third-order valence-electron chi connectivity index (χ3n) is 2.10. The van der Waals surface area contributed by atoms with E-state index in [4.69, 9.17) is 21.4 Å². The summed E-state index contributed by atoms with van der Waals surface area (Å²) in [6, 6.07) is 5.61. The van der Waals surface area contributed by atoms with E-state index in [9.17, 15) is 0 Å². The van der Waals surface area contributed by atoms with Gasteiger partial charge in [-0.05, 0) is 24.6 Å². The van der Waals surface area contributed by atoms with Crippen LogP contribution in [0.15, 0.2) is 18.2 Å². The molecule has 3 heteroatoms. The molecule has 0 saturated heterocycles. The summed E-state index contributed by atoms with van der Waals surface area (Å²) >= 11 is 6.00. The predicted molar refractivity (Wildman–Crippen MR) is 58.1 cm³/mol. The number of hydrogen-bond acceptors (Lipinski definition) is 2. The van der Waals surface area contributed by atoms with Crippen molar-refractivity contribution in [2.45, 2.75) is 19.8 Å². The van der Waals surface area contributed by atoms with Crippen LogP contribution >= 0.6 is 11.6 Å². The molecule has 0 aromatic heterocycles. The Kier molecular flexibility index (Phi) is 4.23. The molecule has 0 aliphatic heterocycles. The van der Waals surface area contributed by atoms with Crippen LogP contribution in [0.5, 0.6) is 5.75 Å². The summed E-state index contributed by atoms with van der Waals surface area (Å²) in [6.07, 6.45) is 0. The van der Waals surface area contributed by atoms with Gasteiger partial charge in [-0.15, -0.1) is 0 Å². The van der Waals surface area contributed by atoms with Gasteiger partial charge in [-0.3, -0.25) is 0 Å². The van der Waals surface area contributed by atoms with Crippen LogP contribution in [0.3, 0.4) is 0 Å². The fourth-order valence-corrected chi connectivity index (χ4v) is 1.45. The SMILES string of the molecule is CCOc1ccc(C(C)CO)cc1Cl. The van der Waals surface area contributed by atoms with Crippen LogP contribution in [0, 0.1) is 0 Å². The van der Waals surface area contributed by atoms with Crippen LogP contribution < -0.4 is 4.74 Å². The average molecular weight is 215 g/mol. The summed E-state index contributed by atoms with van der Waals surface area (Å²) in [5.74, 6) is 0.811. The van der Waals surface area contributed by atoms with Gasteiger partial charge in [0.15, 0.2) is 0 Å². The minimum atomic E-state index is 0.114. The summed E-state index contributed by atoms with van der Waals surface area (Å²) in [7, 11) is 0. The van der Waals surface area contributed by atoms with Crippen LogP contribution in [-0.2, 0) is 0 Å². The first kappa shape index (κ1) is 11.3. The van der Waals surface area contributed by atoms with Crippen molar-refractivity contribution in [3.05, 3.63) is 28.8 Å². The first-order chi connectivity index (χ1) is 6.69. The Bertz CT molecular complexity index is 299. The fraction of sp³-hybridized carbons (Fsp3) is 0.455. The molecule has 0 bridgehead atoms. The van der Waals surface area contributed by atoms with E-state index in [0.29, 0.717) is 17.4 Å². The molecule has 0 aliphatic carbocycles. The van der Waals surface area contributed by atoms with Crippen LogP contribution in [-0.4, -0.2) is 18.3 Å². The zero-order valence-electron chi connectivity index (χ0n) is 8.46. The molecule has 1 rings (SSSR count). The third-order valence-corrected chi connectivity index (χ3v) is 2.39. The topological polar surface area (TPSA) is 29.5 Å². The fourth-order valence-electron chi connectivity index (χ4n) is 1.20. The van der Waals surface area contributed by atoms with Gasteiger partial charge in [-0.1, -0.05) is 24.6 Å². The van der Waals surface area contributed by atoms with E-state index in [1.54, 1.807) is 0 Å². The Hall–Kier alpha value is -0.730. The highest BCUT2D eigenvalue weighted by molar-refractivity contribution is 6.32. The molecule has 1 N–H and O–H groups in total.